The molecule has 4 rings (SSSR count). The molecule has 0 saturated carbocycles. The van der Waals surface area contributed by atoms with Crippen molar-refractivity contribution in [2.24, 2.45) is 0 Å². The minimum Gasteiger partial charge on any atom is -0.475 e. The van der Waals surface area contributed by atoms with Crippen LogP contribution >= 0.6 is 11.5 Å². The second-order valence-electron chi connectivity index (χ2n) is 6.00. The number of fused-ring (bicyclic) bond motifs is 1. The molecule has 1 aliphatic rings. The van der Waals surface area contributed by atoms with E-state index in [4.69, 9.17) is 4.74 Å². The summed E-state index contributed by atoms with van der Waals surface area (Å²) in [6.07, 6.45) is 0. The van der Waals surface area contributed by atoms with Gasteiger partial charge in [-0.15, -0.1) is 0 Å². The van der Waals surface area contributed by atoms with Gasteiger partial charge in [0.1, 0.15) is 6.61 Å². The Morgan fingerprint density at radius 3 is 2.50 bits per heavy atom. The SMILES string of the molecule is c1ccc(N2CCN(CCOc3nsc4ccccc34)CC2)cc1. The predicted molar refractivity (Wildman–Crippen MR) is 100 cm³/mol. The van der Waals surface area contributed by atoms with Crippen LogP contribution in [0.2, 0.25) is 0 Å². The minimum absolute atomic E-state index is 0.694. The number of rotatable bonds is 5. The van der Waals surface area contributed by atoms with Crippen molar-refractivity contribution in [3.8, 4) is 5.88 Å². The van der Waals surface area contributed by atoms with Gasteiger partial charge in [-0.25, -0.2) is 0 Å². The van der Waals surface area contributed by atoms with Gasteiger partial charge in [0.15, 0.2) is 0 Å². The molecule has 1 saturated heterocycles. The molecule has 3 aromatic rings. The molecule has 0 unspecified atom stereocenters. The van der Waals surface area contributed by atoms with Gasteiger partial charge in [0.25, 0.3) is 0 Å². The first-order valence-corrected chi connectivity index (χ1v) is 9.17. The largest absolute Gasteiger partial charge is 0.475 e. The Hall–Kier alpha value is -2.11. The average molecular weight is 339 g/mol. The van der Waals surface area contributed by atoms with E-state index < -0.39 is 0 Å². The molecule has 0 aliphatic carbocycles. The van der Waals surface area contributed by atoms with Gasteiger partial charge in [0.2, 0.25) is 5.88 Å². The molecular weight excluding hydrogens is 318 g/mol. The quantitative estimate of drug-likeness (QED) is 0.711. The van der Waals surface area contributed by atoms with Gasteiger partial charge >= 0.3 is 0 Å². The molecule has 5 heteroatoms. The summed E-state index contributed by atoms with van der Waals surface area (Å²) in [5.74, 6) is 0.776. The van der Waals surface area contributed by atoms with Crippen LogP contribution < -0.4 is 9.64 Å². The lowest BCUT2D eigenvalue weighted by molar-refractivity contribution is 0.199. The zero-order chi connectivity index (χ0) is 16.2. The third-order valence-corrected chi connectivity index (χ3v) is 5.29. The Labute approximate surface area is 146 Å². The fourth-order valence-electron chi connectivity index (χ4n) is 3.11. The van der Waals surface area contributed by atoms with Crippen LogP contribution in [0.4, 0.5) is 5.69 Å². The monoisotopic (exact) mass is 339 g/mol. The van der Waals surface area contributed by atoms with Gasteiger partial charge in [-0.3, -0.25) is 4.90 Å². The summed E-state index contributed by atoms with van der Waals surface area (Å²) in [4.78, 5) is 4.92. The third-order valence-electron chi connectivity index (χ3n) is 4.48. The smallest absolute Gasteiger partial charge is 0.233 e. The second kappa shape index (κ2) is 7.20. The summed E-state index contributed by atoms with van der Waals surface area (Å²) >= 11 is 1.50. The lowest BCUT2D eigenvalue weighted by Crippen LogP contribution is -2.47. The van der Waals surface area contributed by atoms with Crippen LogP contribution in [0.5, 0.6) is 5.88 Å². The van der Waals surface area contributed by atoms with Gasteiger partial charge in [0.05, 0.1) is 10.1 Å². The van der Waals surface area contributed by atoms with Crippen molar-refractivity contribution < 1.29 is 4.74 Å². The standard InChI is InChI=1S/C19H21N3OS/c1-2-6-16(7-3-1)22-12-10-21(11-13-22)14-15-23-19-17-8-4-5-9-18(17)24-20-19/h1-9H,10-15H2. The molecule has 0 amide bonds. The van der Waals surface area contributed by atoms with E-state index in [1.165, 1.54) is 21.9 Å². The highest BCUT2D eigenvalue weighted by molar-refractivity contribution is 7.13. The second-order valence-corrected chi connectivity index (χ2v) is 6.80. The van der Waals surface area contributed by atoms with E-state index in [1.807, 2.05) is 12.1 Å². The maximum Gasteiger partial charge on any atom is 0.233 e. The Balaban J connectivity index is 1.26. The van der Waals surface area contributed by atoms with E-state index in [2.05, 4.69) is 56.6 Å². The summed E-state index contributed by atoms with van der Waals surface area (Å²) < 4.78 is 11.5. The van der Waals surface area contributed by atoms with E-state index in [0.29, 0.717) is 6.61 Å². The van der Waals surface area contributed by atoms with Crippen molar-refractivity contribution in [1.82, 2.24) is 9.27 Å². The van der Waals surface area contributed by atoms with E-state index in [9.17, 15) is 0 Å². The van der Waals surface area contributed by atoms with Crippen molar-refractivity contribution in [3.05, 3.63) is 54.6 Å². The van der Waals surface area contributed by atoms with Crippen LogP contribution in [0.25, 0.3) is 10.1 Å². The highest BCUT2D eigenvalue weighted by Gasteiger charge is 2.17. The van der Waals surface area contributed by atoms with Crippen LogP contribution in [-0.2, 0) is 0 Å². The molecule has 0 atom stereocenters. The maximum atomic E-state index is 5.92. The van der Waals surface area contributed by atoms with Gasteiger partial charge in [-0.2, -0.15) is 4.37 Å². The number of ether oxygens (including phenoxy) is 1. The molecule has 2 heterocycles. The van der Waals surface area contributed by atoms with Gasteiger partial charge in [-0.05, 0) is 35.8 Å². The Morgan fingerprint density at radius 2 is 1.67 bits per heavy atom. The number of hydrogen-bond donors (Lipinski definition) is 0. The van der Waals surface area contributed by atoms with Crippen LogP contribution in [-0.4, -0.2) is 48.6 Å². The molecule has 1 aliphatic heterocycles. The van der Waals surface area contributed by atoms with Crippen molar-refractivity contribution in [2.45, 2.75) is 0 Å². The lowest BCUT2D eigenvalue weighted by Gasteiger charge is -2.35. The summed E-state index contributed by atoms with van der Waals surface area (Å²) in [5.41, 5.74) is 1.32. The topological polar surface area (TPSA) is 28.6 Å². The first kappa shape index (κ1) is 15.4. The van der Waals surface area contributed by atoms with E-state index in [0.717, 1.165) is 44.0 Å². The number of aromatic nitrogens is 1. The molecule has 0 bridgehead atoms. The highest BCUT2D eigenvalue weighted by Crippen LogP contribution is 2.28. The lowest BCUT2D eigenvalue weighted by atomic mass is 10.2. The van der Waals surface area contributed by atoms with Gasteiger partial charge in [-0.1, -0.05) is 30.3 Å². The zero-order valence-electron chi connectivity index (χ0n) is 13.6. The third kappa shape index (κ3) is 3.37. The normalized spacial score (nSPS) is 15.8. The number of anilines is 1. The summed E-state index contributed by atoms with van der Waals surface area (Å²) in [6.45, 7) is 5.95. The van der Waals surface area contributed by atoms with Crippen LogP contribution in [0.15, 0.2) is 54.6 Å². The molecule has 24 heavy (non-hydrogen) atoms. The van der Waals surface area contributed by atoms with Crippen LogP contribution in [0.3, 0.4) is 0 Å². The molecule has 0 N–H and O–H groups in total. The molecule has 0 radical (unpaired) electrons. The number of piperazine rings is 1. The van der Waals surface area contributed by atoms with Crippen molar-refractivity contribution in [2.75, 3.05) is 44.2 Å². The maximum absolute atomic E-state index is 5.92. The first-order valence-electron chi connectivity index (χ1n) is 8.40. The fraction of sp³-hybridized carbons (Fsp3) is 0.316. The van der Waals surface area contributed by atoms with Gasteiger partial charge < -0.3 is 9.64 Å². The molecule has 0 spiro atoms. The van der Waals surface area contributed by atoms with Crippen molar-refractivity contribution >= 4 is 27.3 Å². The van der Waals surface area contributed by atoms with Gasteiger partial charge in [0, 0.05) is 38.4 Å². The highest BCUT2D eigenvalue weighted by atomic mass is 32.1. The van der Waals surface area contributed by atoms with Crippen LogP contribution in [0.1, 0.15) is 0 Å². The summed E-state index contributed by atoms with van der Waals surface area (Å²) in [6, 6.07) is 18.9. The summed E-state index contributed by atoms with van der Waals surface area (Å²) in [5, 5.41) is 1.12. The molecule has 1 fully saturated rings. The Kier molecular flexibility index (Phi) is 4.62. The van der Waals surface area contributed by atoms with Crippen molar-refractivity contribution in [1.29, 1.82) is 0 Å². The fourth-order valence-corrected chi connectivity index (χ4v) is 3.83. The molecule has 1 aromatic heterocycles. The molecule has 124 valence electrons. The summed E-state index contributed by atoms with van der Waals surface area (Å²) in [7, 11) is 0. The number of benzene rings is 2. The van der Waals surface area contributed by atoms with Crippen molar-refractivity contribution in [3.63, 3.8) is 0 Å². The molecular formula is C19H21N3OS. The number of hydrogen-bond acceptors (Lipinski definition) is 5. The molecule has 2 aromatic carbocycles. The minimum atomic E-state index is 0.694. The van der Waals surface area contributed by atoms with Crippen LogP contribution in [0, 0.1) is 0 Å². The number of para-hydroxylation sites is 1. The first-order chi connectivity index (χ1) is 11.9. The van der Waals surface area contributed by atoms with E-state index in [1.54, 1.807) is 0 Å². The zero-order valence-corrected chi connectivity index (χ0v) is 14.4. The molecule has 4 nitrogen and oxygen atoms in total. The Bertz CT molecular complexity index is 781. The predicted octanol–water partition coefficient (Wildman–Crippen LogP) is 3.50. The van der Waals surface area contributed by atoms with E-state index in [-0.39, 0.29) is 0 Å². The Morgan fingerprint density at radius 1 is 0.917 bits per heavy atom. The number of nitrogens with zero attached hydrogens (tertiary/aromatic N) is 3. The van der Waals surface area contributed by atoms with E-state index >= 15 is 0 Å². The average Bonchev–Trinajstić information content (AvgIpc) is 3.06.